The van der Waals surface area contributed by atoms with Gasteiger partial charge in [0.05, 0.1) is 11.5 Å². The molecular weight excluding hydrogens is 326 g/mol. The number of thioether (sulfide) groups is 1. The first-order chi connectivity index (χ1) is 11.3. The smallest absolute Gasteiger partial charge is 0.236 e. The Kier molecular flexibility index (Phi) is 5.77. The molecule has 0 radical (unpaired) electrons. The number of ketones is 1. The minimum Gasteiger partial charge on any atom is -0.338 e. The van der Waals surface area contributed by atoms with Gasteiger partial charge in [0.15, 0.2) is 11.6 Å². The molecule has 0 atom stereocenters. The molecule has 6 nitrogen and oxygen atoms in total. The summed E-state index contributed by atoms with van der Waals surface area (Å²) >= 11 is 1.39. The van der Waals surface area contributed by atoms with Crippen LogP contribution in [0.25, 0.3) is 0 Å². The SMILES string of the molecule is CC(=O)c1cccc(NC(=O)CSCc2nc(C(C)(C)C)no2)c1. The third-order valence-electron chi connectivity index (χ3n) is 3.15. The second-order valence-corrected chi connectivity index (χ2v) is 7.43. The molecule has 1 heterocycles. The van der Waals surface area contributed by atoms with Crippen LogP contribution in [0.15, 0.2) is 28.8 Å². The molecule has 1 N–H and O–H groups in total. The van der Waals surface area contributed by atoms with Gasteiger partial charge in [-0.3, -0.25) is 9.59 Å². The maximum atomic E-state index is 12.0. The van der Waals surface area contributed by atoms with Gasteiger partial charge in [0.25, 0.3) is 0 Å². The van der Waals surface area contributed by atoms with Crippen LogP contribution in [0.4, 0.5) is 5.69 Å². The van der Waals surface area contributed by atoms with E-state index in [4.69, 9.17) is 4.52 Å². The second kappa shape index (κ2) is 7.61. The number of nitrogens with one attached hydrogen (secondary N) is 1. The molecule has 2 rings (SSSR count). The summed E-state index contributed by atoms with van der Waals surface area (Å²) in [6, 6.07) is 6.88. The number of amides is 1. The summed E-state index contributed by atoms with van der Waals surface area (Å²) in [4.78, 5) is 27.6. The normalized spacial score (nSPS) is 11.3. The van der Waals surface area contributed by atoms with E-state index >= 15 is 0 Å². The molecule has 0 aliphatic rings. The van der Waals surface area contributed by atoms with Gasteiger partial charge in [-0.25, -0.2) is 0 Å². The number of rotatable bonds is 6. The van der Waals surface area contributed by atoms with Crippen LogP contribution in [-0.4, -0.2) is 27.6 Å². The molecule has 2 aromatic rings. The Morgan fingerprint density at radius 1 is 1.29 bits per heavy atom. The van der Waals surface area contributed by atoms with Gasteiger partial charge in [-0.2, -0.15) is 4.98 Å². The van der Waals surface area contributed by atoms with Crippen LogP contribution < -0.4 is 5.32 Å². The highest BCUT2D eigenvalue weighted by Crippen LogP contribution is 2.20. The number of Topliss-reactive ketones (excluding diaryl/α,β-unsaturated/α-hetero) is 1. The van der Waals surface area contributed by atoms with E-state index in [0.29, 0.717) is 28.7 Å². The predicted molar refractivity (Wildman–Crippen MR) is 94.2 cm³/mol. The zero-order valence-electron chi connectivity index (χ0n) is 14.3. The second-order valence-electron chi connectivity index (χ2n) is 6.44. The largest absolute Gasteiger partial charge is 0.338 e. The van der Waals surface area contributed by atoms with Crippen molar-refractivity contribution in [1.82, 2.24) is 10.1 Å². The highest BCUT2D eigenvalue weighted by atomic mass is 32.2. The molecular formula is C17H21N3O3S. The van der Waals surface area contributed by atoms with E-state index in [1.165, 1.54) is 18.7 Å². The Hall–Kier alpha value is -2.15. The van der Waals surface area contributed by atoms with E-state index in [9.17, 15) is 9.59 Å². The third-order valence-corrected chi connectivity index (χ3v) is 4.07. The summed E-state index contributed by atoms with van der Waals surface area (Å²) in [6.07, 6.45) is 0. The Morgan fingerprint density at radius 2 is 2.04 bits per heavy atom. The van der Waals surface area contributed by atoms with Crippen molar-refractivity contribution >= 4 is 29.1 Å². The molecule has 7 heteroatoms. The van der Waals surface area contributed by atoms with Gasteiger partial charge in [0, 0.05) is 16.7 Å². The molecule has 1 aromatic heterocycles. The van der Waals surface area contributed by atoms with Crippen molar-refractivity contribution in [2.24, 2.45) is 0 Å². The van der Waals surface area contributed by atoms with Crippen molar-refractivity contribution in [2.45, 2.75) is 38.9 Å². The Labute approximate surface area is 145 Å². The van der Waals surface area contributed by atoms with Crippen molar-refractivity contribution in [3.8, 4) is 0 Å². The Bertz CT molecular complexity index is 735. The molecule has 0 fully saturated rings. The maximum absolute atomic E-state index is 12.0. The minimum absolute atomic E-state index is 0.0356. The maximum Gasteiger partial charge on any atom is 0.236 e. The number of carbonyl (C=O) groups is 2. The van der Waals surface area contributed by atoms with Gasteiger partial charge < -0.3 is 9.84 Å². The first-order valence-corrected chi connectivity index (χ1v) is 8.73. The summed E-state index contributed by atoms with van der Waals surface area (Å²) in [5.41, 5.74) is 1.02. The van der Waals surface area contributed by atoms with Crippen molar-refractivity contribution in [3.05, 3.63) is 41.5 Å². The molecule has 1 aromatic carbocycles. The predicted octanol–water partition coefficient (Wildman–Crippen LogP) is 3.44. The van der Waals surface area contributed by atoms with Gasteiger partial charge >= 0.3 is 0 Å². The number of hydrogen-bond donors (Lipinski definition) is 1. The first-order valence-electron chi connectivity index (χ1n) is 7.57. The lowest BCUT2D eigenvalue weighted by Gasteiger charge is -2.10. The Morgan fingerprint density at radius 3 is 2.67 bits per heavy atom. The molecule has 128 valence electrons. The number of nitrogens with zero attached hydrogens (tertiary/aromatic N) is 2. The molecule has 24 heavy (non-hydrogen) atoms. The number of carbonyl (C=O) groups excluding carboxylic acids is 2. The van der Waals surface area contributed by atoms with Crippen LogP contribution >= 0.6 is 11.8 Å². The van der Waals surface area contributed by atoms with E-state index in [-0.39, 0.29) is 22.9 Å². The molecule has 0 saturated carbocycles. The van der Waals surface area contributed by atoms with Crippen molar-refractivity contribution in [2.75, 3.05) is 11.1 Å². The van der Waals surface area contributed by atoms with Gasteiger partial charge in [-0.1, -0.05) is 38.1 Å². The number of benzene rings is 1. The zero-order chi connectivity index (χ0) is 17.7. The highest BCUT2D eigenvalue weighted by Gasteiger charge is 2.20. The number of anilines is 1. The van der Waals surface area contributed by atoms with E-state index in [0.717, 1.165) is 0 Å². The van der Waals surface area contributed by atoms with Crippen LogP contribution in [0.2, 0.25) is 0 Å². The van der Waals surface area contributed by atoms with Crippen molar-refractivity contribution < 1.29 is 14.1 Å². The average molecular weight is 347 g/mol. The van der Waals surface area contributed by atoms with Crippen LogP contribution in [0.5, 0.6) is 0 Å². The van der Waals surface area contributed by atoms with Crippen LogP contribution in [0.3, 0.4) is 0 Å². The molecule has 0 aliphatic carbocycles. The summed E-state index contributed by atoms with van der Waals surface area (Å²) in [6.45, 7) is 7.53. The monoisotopic (exact) mass is 347 g/mol. The quantitative estimate of drug-likeness (QED) is 0.806. The van der Waals surface area contributed by atoms with E-state index in [2.05, 4.69) is 15.5 Å². The molecule has 0 saturated heterocycles. The molecule has 0 aliphatic heterocycles. The summed E-state index contributed by atoms with van der Waals surface area (Å²) in [5, 5.41) is 6.72. The third kappa shape index (κ3) is 5.19. The number of aromatic nitrogens is 2. The fraction of sp³-hybridized carbons (Fsp3) is 0.412. The van der Waals surface area contributed by atoms with Gasteiger partial charge in [0.2, 0.25) is 11.8 Å². The van der Waals surface area contributed by atoms with Gasteiger partial charge in [-0.05, 0) is 19.1 Å². The van der Waals surface area contributed by atoms with Gasteiger partial charge in [0.1, 0.15) is 0 Å². The molecule has 0 spiro atoms. The van der Waals surface area contributed by atoms with E-state index in [1.54, 1.807) is 24.3 Å². The average Bonchev–Trinajstić information content (AvgIpc) is 2.96. The topological polar surface area (TPSA) is 85.1 Å². The molecule has 1 amide bonds. The fourth-order valence-corrected chi connectivity index (χ4v) is 2.51. The highest BCUT2D eigenvalue weighted by molar-refractivity contribution is 7.99. The van der Waals surface area contributed by atoms with Gasteiger partial charge in [-0.15, -0.1) is 11.8 Å². The zero-order valence-corrected chi connectivity index (χ0v) is 15.1. The van der Waals surface area contributed by atoms with Crippen LogP contribution in [-0.2, 0) is 16.0 Å². The van der Waals surface area contributed by atoms with E-state index in [1.807, 2.05) is 20.8 Å². The fourth-order valence-electron chi connectivity index (χ4n) is 1.86. The lowest BCUT2D eigenvalue weighted by atomic mass is 9.96. The lowest BCUT2D eigenvalue weighted by Crippen LogP contribution is -2.14. The van der Waals surface area contributed by atoms with E-state index < -0.39 is 0 Å². The summed E-state index contributed by atoms with van der Waals surface area (Å²) in [5.74, 6) is 1.73. The van der Waals surface area contributed by atoms with Crippen LogP contribution in [0, 0.1) is 0 Å². The first kappa shape index (κ1) is 18.2. The van der Waals surface area contributed by atoms with Crippen LogP contribution in [0.1, 0.15) is 49.8 Å². The molecule has 0 unspecified atom stereocenters. The van der Waals surface area contributed by atoms with Crippen molar-refractivity contribution in [3.63, 3.8) is 0 Å². The molecule has 0 bridgehead atoms. The lowest BCUT2D eigenvalue weighted by molar-refractivity contribution is -0.113. The standard InChI is InChI=1S/C17H21N3O3S/c1-11(21)12-6-5-7-13(8-12)18-14(22)9-24-10-15-19-16(20-23-15)17(2,3)4/h5-8H,9-10H2,1-4H3,(H,18,22). The number of hydrogen-bond acceptors (Lipinski definition) is 6. The Balaban J connectivity index is 1.82. The summed E-state index contributed by atoms with van der Waals surface area (Å²) < 4.78 is 5.18. The minimum atomic E-state index is -0.161. The van der Waals surface area contributed by atoms with Crippen molar-refractivity contribution in [1.29, 1.82) is 0 Å². The summed E-state index contributed by atoms with van der Waals surface area (Å²) in [7, 11) is 0.